The lowest BCUT2D eigenvalue weighted by Crippen LogP contribution is -2.64. The topological polar surface area (TPSA) is 82.1 Å². The molecular formula is C27H44O6. The van der Waals surface area contributed by atoms with Gasteiger partial charge in [0.05, 0.1) is 7.11 Å². The Labute approximate surface area is 199 Å². The molecule has 4 aliphatic carbocycles. The largest absolute Gasteiger partial charge is 0.469 e. The standard InChI is InChI=1S/C27H44O6/c1-17(6-9-24(29)31-5)21-7-8-22-20-11-15-27(33-30)16-19(32-18(2)28)10-14-26(27,4)23(20)12-13-25(21,22)3/h17,19-23,30H,6-16H2,1-5H3/t17-,19-,20+,21-,22+,23+,25-,26-,27-/m1/s1. The maximum atomic E-state index is 11.7. The molecule has 0 unspecified atom stereocenters. The number of rotatable bonds is 6. The normalized spacial score (nSPS) is 45.3. The highest BCUT2D eigenvalue weighted by Crippen LogP contribution is 2.69. The molecule has 6 nitrogen and oxygen atoms in total. The van der Waals surface area contributed by atoms with Crippen molar-refractivity contribution in [3.8, 4) is 0 Å². The minimum absolute atomic E-state index is 0.1000. The lowest BCUT2D eigenvalue weighted by molar-refractivity contribution is -0.388. The molecule has 4 saturated carbocycles. The van der Waals surface area contributed by atoms with Gasteiger partial charge in [0.25, 0.3) is 0 Å². The van der Waals surface area contributed by atoms with Crippen molar-refractivity contribution in [2.75, 3.05) is 7.11 Å². The highest BCUT2D eigenvalue weighted by molar-refractivity contribution is 5.69. The Kier molecular flexibility index (Phi) is 6.92. The number of fused-ring (bicyclic) bond motifs is 5. The van der Waals surface area contributed by atoms with E-state index in [9.17, 15) is 14.8 Å². The SMILES string of the molecule is COC(=O)CC[C@@H](C)[C@H]1CC[C@H]2[C@@H]3CC[C@@]4(OO)C[C@H](OC(C)=O)CC[C@]4(C)[C@H]3CC[C@]12C. The van der Waals surface area contributed by atoms with Gasteiger partial charge in [-0.2, -0.15) is 0 Å². The molecule has 0 heterocycles. The fraction of sp³-hybridized carbons (Fsp3) is 0.926. The predicted molar refractivity (Wildman–Crippen MR) is 124 cm³/mol. The van der Waals surface area contributed by atoms with Gasteiger partial charge >= 0.3 is 11.9 Å². The Balaban J connectivity index is 1.51. The van der Waals surface area contributed by atoms with Crippen molar-refractivity contribution in [3.63, 3.8) is 0 Å². The number of hydrogen-bond donors (Lipinski definition) is 1. The first-order chi connectivity index (χ1) is 15.6. The van der Waals surface area contributed by atoms with Crippen molar-refractivity contribution in [2.45, 2.75) is 110 Å². The zero-order valence-corrected chi connectivity index (χ0v) is 21.2. The predicted octanol–water partition coefficient (Wildman–Crippen LogP) is 5.78. The van der Waals surface area contributed by atoms with Crippen molar-refractivity contribution in [3.05, 3.63) is 0 Å². The number of carbonyl (C=O) groups is 2. The molecule has 0 aromatic rings. The van der Waals surface area contributed by atoms with Gasteiger partial charge in [-0.3, -0.25) is 14.8 Å². The van der Waals surface area contributed by atoms with Gasteiger partial charge in [0.1, 0.15) is 11.7 Å². The molecule has 188 valence electrons. The highest BCUT2D eigenvalue weighted by atomic mass is 17.1. The average Bonchev–Trinajstić information content (AvgIpc) is 3.14. The van der Waals surface area contributed by atoms with Gasteiger partial charge in [0, 0.05) is 25.2 Å². The smallest absolute Gasteiger partial charge is 0.305 e. The quantitative estimate of drug-likeness (QED) is 0.305. The van der Waals surface area contributed by atoms with E-state index in [2.05, 4.69) is 20.8 Å². The monoisotopic (exact) mass is 464 g/mol. The molecule has 6 heteroatoms. The number of hydrogen-bond acceptors (Lipinski definition) is 6. The van der Waals surface area contributed by atoms with Crippen LogP contribution >= 0.6 is 0 Å². The van der Waals surface area contributed by atoms with Crippen molar-refractivity contribution in [2.24, 2.45) is 40.4 Å². The number of carbonyl (C=O) groups excluding carboxylic acids is 2. The minimum Gasteiger partial charge on any atom is -0.469 e. The Bertz CT molecular complexity index is 753. The summed E-state index contributed by atoms with van der Waals surface area (Å²) in [6, 6.07) is 0. The van der Waals surface area contributed by atoms with E-state index in [0.29, 0.717) is 47.8 Å². The maximum absolute atomic E-state index is 11.7. The summed E-state index contributed by atoms with van der Waals surface area (Å²) in [5.74, 6) is 2.70. The van der Waals surface area contributed by atoms with Crippen LogP contribution in [0.25, 0.3) is 0 Å². The molecule has 33 heavy (non-hydrogen) atoms. The molecular weight excluding hydrogens is 420 g/mol. The van der Waals surface area contributed by atoms with E-state index in [1.807, 2.05) is 0 Å². The average molecular weight is 465 g/mol. The van der Waals surface area contributed by atoms with Crippen molar-refractivity contribution in [1.29, 1.82) is 0 Å². The van der Waals surface area contributed by atoms with Crippen LogP contribution in [-0.4, -0.2) is 36.0 Å². The van der Waals surface area contributed by atoms with Crippen LogP contribution in [0.1, 0.15) is 98.3 Å². The molecule has 9 atom stereocenters. The van der Waals surface area contributed by atoms with Gasteiger partial charge < -0.3 is 9.47 Å². The fourth-order valence-corrected chi connectivity index (χ4v) is 9.33. The molecule has 0 spiro atoms. The lowest BCUT2D eigenvalue weighted by atomic mass is 9.43. The molecule has 4 rings (SSSR count). The van der Waals surface area contributed by atoms with Crippen molar-refractivity contribution >= 4 is 11.9 Å². The summed E-state index contributed by atoms with van der Waals surface area (Å²) in [5, 5.41) is 10.2. The van der Waals surface area contributed by atoms with E-state index >= 15 is 0 Å². The van der Waals surface area contributed by atoms with E-state index in [1.165, 1.54) is 33.3 Å². The molecule has 1 N–H and O–H groups in total. The summed E-state index contributed by atoms with van der Waals surface area (Å²) in [7, 11) is 1.47. The molecule has 0 aromatic carbocycles. The molecule has 4 aliphatic rings. The van der Waals surface area contributed by atoms with Crippen LogP contribution in [0.2, 0.25) is 0 Å². The second-order valence-electron chi connectivity index (χ2n) is 12.2. The van der Waals surface area contributed by atoms with Crippen LogP contribution in [0.4, 0.5) is 0 Å². The van der Waals surface area contributed by atoms with Gasteiger partial charge in [0.15, 0.2) is 0 Å². The van der Waals surface area contributed by atoms with Crippen LogP contribution in [-0.2, 0) is 24.0 Å². The number of esters is 2. The molecule has 0 amide bonds. The van der Waals surface area contributed by atoms with Gasteiger partial charge in [-0.1, -0.05) is 20.8 Å². The minimum atomic E-state index is -0.619. The van der Waals surface area contributed by atoms with Gasteiger partial charge in [-0.15, -0.1) is 0 Å². The van der Waals surface area contributed by atoms with Gasteiger partial charge in [0.2, 0.25) is 0 Å². The van der Waals surface area contributed by atoms with E-state index in [0.717, 1.165) is 38.5 Å². The first-order valence-electron chi connectivity index (χ1n) is 13.2. The molecule has 0 radical (unpaired) electrons. The molecule has 0 saturated heterocycles. The fourth-order valence-electron chi connectivity index (χ4n) is 9.33. The third-order valence-electron chi connectivity index (χ3n) is 11.0. The summed E-state index contributed by atoms with van der Waals surface area (Å²) < 4.78 is 10.4. The lowest BCUT2D eigenvalue weighted by Gasteiger charge is -2.64. The molecule has 0 aliphatic heterocycles. The van der Waals surface area contributed by atoms with Crippen LogP contribution in [0.15, 0.2) is 0 Å². The van der Waals surface area contributed by atoms with E-state index < -0.39 is 5.60 Å². The second-order valence-corrected chi connectivity index (χ2v) is 12.2. The second kappa shape index (κ2) is 9.14. The van der Waals surface area contributed by atoms with E-state index in [1.54, 1.807) is 0 Å². The summed E-state index contributed by atoms with van der Waals surface area (Å²) in [6.07, 6.45) is 10.4. The molecule has 4 fully saturated rings. The van der Waals surface area contributed by atoms with Crippen molar-refractivity contribution in [1.82, 2.24) is 0 Å². The third kappa shape index (κ3) is 4.03. The van der Waals surface area contributed by atoms with Crippen LogP contribution in [0.3, 0.4) is 0 Å². The zero-order chi connectivity index (χ0) is 24.0. The first-order valence-corrected chi connectivity index (χ1v) is 13.2. The molecule has 0 bridgehead atoms. The maximum Gasteiger partial charge on any atom is 0.305 e. The van der Waals surface area contributed by atoms with Gasteiger partial charge in [-0.25, -0.2) is 4.89 Å². The number of methoxy groups -OCH3 is 1. The Morgan fingerprint density at radius 1 is 1.03 bits per heavy atom. The van der Waals surface area contributed by atoms with E-state index in [4.69, 9.17) is 14.4 Å². The Morgan fingerprint density at radius 2 is 1.79 bits per heavy atom. The third-order valence-corrected chi connectivity index (χ3v) is 11.0. The van der Waals surface area contributed by atoms with Crippen molar-refractivity contribution < 1.29 is 29.2 Å². The molecule has 0 aromatic heterocycles. The van der Waals surface area contributed by atoms with Crippen LogP contribution in [0, 0.1) is 40.4 Å². The zero-order valence-electron chi connectivity index (χ0n) is 21.2. The Hall–Kier alpha value is -1.14. The van der Waals surface area contributed by atoms with Crippen LogP contribution in [0.5, 0.6) is 0 Å². The first kappa shape index (κ1) is 25.0. The van der Waals surface area contributed by atoms with E-state index in [-0.39, 0.29) is 23.5 Å². The summed E-state index contributed by atoms with van der Waals surface area (Å²) in [5.41, 5.74) is -0.397. The summed E-state index contributed by atoms with van der Waals surface area (Å²) >= 11 is 0. The Morgan fingerprint density at radius 3 is 2.45 bits per heavy atom. The summed E-state index contributed by atoms with van der Waals surface area (Å²) in [4.78, 5) is 28.7. The van der Waals surface area contributed by atoms with Gasteiger partial charge in [-0.05, 0) is 92.8 Å². The highest BCUT2D eigenvalue weighted by Gasteiger charge is 2.66. The summed E-state index contributed by atoms with van der Waals surface area (Å²) in [6.45, 7) is 8.64. The number of ether oxygens (including phenoxy) is 2. The van der Waals surface area contributed by atoms with Crippen LogP contribution < -0.4 is 0 Å².